The molecule has 0 spiro atoms. The Morgan fingerprint density at radius 3 is 2.91 bits per heavy atom. The fourth-order valence-corrected chi connectivity index (χ4v) is 3.60. The third kappa shape index (κ3) is 3.22. The molecule has 23 heavy (non-hydrogen) atoms. The van der Waals surface area contributed by atoms with E-state index in [1.54, 1.807) is 11.3 Å². The van der Waals surface area contributed by atoms with Gasteiger partial charge in [0.1, 0.15) is 0 Å². The van der Waals surface area contributed by atoms with Gasteiger partial charge in [-0.2, -0.15) is 4.98 Å². The molecule has 2 atom stereocenters. The van der Waals surface area contributed by atoms with Crippen molar-refractivity contribution in [1.29, 1.82) is 0 Å². The van der Waals surface area contributed by atoms with Crippen molar-refractivity contribution in [3.8, 4) is 10.7 Å². The SMILES string of the molecule is CC(C)=CC1C(C(=O)NCc2nc(-c3cccs3)no2)C1(C)C. The van der Waals surface area contributed by atoms with Gasteiger partial charge in [-0.1, -0.05) is 36.7 Å². The van der Waals surface area contributed by atoms with Crippen molar-refractivity contribution in [2.24, 2.45) is 17.3 Å². The highest BCUT2D eigenvalue weighted by Gasteiger charge is 2.60. The number of hydrogen-bond acceptors (Lipinski definition) is 5. The fraction of sp³-hybridized carbons (Fsp3) is 0.471. The van der Waals surface area contributed by atoms with E-state index in [0.29, 0.717) is 17.6 Å². The van der Waals surface area contributed by atoms with E-state index in [4.69, 9.17) is 4.52 Å². The first-order chi connectivity index (χ1) is 10.9. The van der Waals surface area contributed by atoms with Crippen LogP contribution in [0, 0.1) is 17.3 Å². The number of aromatic nitrogens is 2. The molecule has 2 heterocycles. The van der Waals surface area contributed by atoms with Crippen LogP contribution in [0.2, 0.25) is 0 Å². The van der Waals surface area contributed by atoms with Crippen LogP contribution in [0.25, 0.3) is 10.7 Å². The zero-order valence-electron chi connectivity index (χ0n) is 13.8. The van der Waals surface area contributed by atoms with Crippen molar-refractivity contribution in [3.05, 3.63) is 35.1 Å². The van der Waals surface area contributed by atoms with Gasteiger partial charge in [0.05, 0.1) is 17.3 Å². The number of rotatable bonds is 5. The van der Waals surface area contributed by atoms with Gasteiger partial charge in [-0.15, -0.1) is 11.3 Å². The van der Waals surface area contributed by atoms with E-state index in [1.165, 1.54) is 5.57 Å². The molecule has 1 amide bonds. The first-order valence-electron chi connectivity index (χ1n) is 7.69. The number of carbonyl (C=O) groups is 1. The minimum Gasteiger partial charge on any atom is -0.347 e. The zero-order chi connectivity index (χ0) is 16.6. The Hall–Kier alpha value is -1.95. The summed E-state index contributed by atoms with van der Waals surface area (Å²) in [6.45, 7) is 8.65. The molecule has 1 fully saturated rings. The summed E-state index contributed by atoms with van der Waals surface area (Å²) >= 11 is 1.56. The van der Waals surface area contributed by atoms with Crippen molar-refractivity contribution in [1.82, 2.24) is 15.5 Å². The Kier molecular flexibility index (Phi) is 4.10. The van der Waals surface area contributed by atoms with Gasteiger partial charge in [0.15, 0.2) is 0 Å². The van der Waals surface area contributed by atoms with Gasteiger partial charge < -0.3 is 9.84 Å². The average Bonchev–Trinajstić information content (AvgIpc) is 2.96. The predicted molar refractivity (Wildman–Crippen MR) is 89.6 cm³/mol. The number of allylic oxidation sites excluding steroid dienone is 2. The second kappa shape index (κ2) is 5.92. The Bertz CT molecular complexity index is 727. The summed E-state index contributed by atoms with van der Waals surface area (Å²) in [7, 11) is 0. The number of amides is 1. The van der Waals surface area contributed by atoms with Gasteiger partial charge >= 0.3 is 0 Å². The normalized spacial score (nSPS) is 21.7. The molecule has 1 aliphatic rings. The quantitative estimate of drug-likeness (QED) is 0.849. The standard InChI is InChI=1S/C17H21N3O2S/c1-10(2)8-11-14(17(11,3)4)16(21)18-9-13-19-15(20-22-13)12-6-5-7-23-12/h5-8,11,14H,9H2,1-4H3,(H,18,21). The highest BCUT2D eigenvalue weighted by atomic mass is 32.1. The number of nitrogens with one attached hydrogen (secondary N) is 1. The van der Waals surface area contributed by atoms with Gasteiger partial charge in [-0.3, -0.25) is 4.79 Å². The van der Waals surface area contributed by atoms with Gasteiger partial charge in [0.2, 0.25) is 17.6 Å². The van der Waals surface area contributed by atoms with Gasteiger partial charge in [-0.05, 0) is 36.6 Å². The van der Waals surface area contributed by atoms with Crippen molar-refractivity contribution < 1.29 is 9.32 Å². The van der Waals surface area contributed by atoms with Crippen molar-refractivity contribution in [2.75, 3.05) is 0 Å². The molecular formula is C17H21N3O2S. The molecule has 5 nitrogen and oxygen atoms in total. The summed E-state index contributed by atoms with van der Waals surface area (Å²) in [5, 5.41) is 8.82. The number of thiophene rings is 1. The summed E-state index contributed by atoms with van der Waals surface area (Å²) in [6.07, 6.45) is 2.19. The zero-order valence-corrected chi connectivity index (χ0v) is 14.6. The van der Waals surface area contributed by atoms with E-state index in [9.17, 15) is 4.79 Å². The lowest BCUT2D eigenvalue weighted by Gasteiger charge is -2.03. The fourth-order valence-electron chi connectivity index (χ4n) is 2.95. The topological polar surface area (TPSA) is 68.0 Å². The second-order valence-electron chi connectivity index (χ2n) is 6.78. The largest absolute Gasteiger partial charge is 0.347 e. The van der Waals surface area contributed by atoms with Crippen LogP contribution in [-0.2, 0) is 11.3 Å². The monoisotopic (exact) mass is 331 g/mol. The molecular weight excluding hydrogens is 310 g/mol. The lowest BCUT2D eigenvalue weighted by atomic mass is 10.1. The lowest BCUT2D eigenvalue weighted by molar-refractivity contribution is -0.123. The van der Waals surface area contributed by atoms with Crippen LogP contribution in [0.4, 0.5) is 0 Å². The Balaban J connectivity index is 1.59. The van der Waals surface area contributed by atoms with E-state index in [0.717, 1.165) is 4.88 Å². The molecule has 0 bridgehead atoms. The molecule has 2 aromatic heterocycles. The molecule has 0 radical (unpaired) electrons. The van der Waals surface area contributed by atoms with Crippen LogP contribution >= 0.6 is 11.3 Å². The number of nitrogens with zero attached hydrogens (tertiary/aromatic N) is 2. The van der Waals surface area contributed by atoms with Gasteiger partial charge in [0, 0.05) is 0 Å². The maximum Gasteiger partial charge on any atom is 0.246 e. The minimum atomic E-state index is 0.0112. The Labute approximate surface area is 139 Å². The van der Waals surface area contributed by atoms with Crippen LogP contribution in [0.5, 0.6) is 0 Å². The second-order valence-corrected chi connectivity index (χ2v) is 7.72. The average molecular weight is 331 g/mol. The highest BCUT2D eigenvalue weighted by molar-refractivity contribution is 7.13. The molecule has 1 aliphatic carbocycles. The van der Waals surface area contributed by atoms with Gasteiger partial charge in [-0.25, -0.2) is 0 Å². The molecule has 0 aliphatic heterocycles. The smallest absolute Gasteiger partial charge is 0.246 e. The van der Waals surface area contributed by atoms with Crippen molar-refractivity contribution in [2.45, 2.75) is 34.2 Å². The van der Waals surface area contributed by atoms with Crippen LogP contribution in [-0.4, -0.2) is 16.0 Å². The van der Waals surface area contributed by atoms with E-state index in [2.05, 4.69) is 49.2 Å². The highest BCUT2D eigenvalue weighted by Crippen LogP contribution is 2.59. The molecule has 0 saturated heterocycles. The maximum atomic E-state index is 12.4. The molecule has 1 saturated carbocycles. The summed E-state index contributed by atoms with van der Waals surface area (Å²) in [6, 6.07) is 3.88. The summed E-state index contributed by atoms with van der Waals surface area (Å²) in [5.41, 5.74) is 1.26. The van der Waals surface area contributed by atoms with E-state index >= 15 is 0 Å². The first-order valence-corrected chi connectivity index (χ1v) is 8.56. The number of carbonyl (C=O) groups excluding carboxylic acids is 1. The van der Waals surface area contributed by atoms with Gasteiger partial charge in [0.25, 0.3) is 0 Å². The molecule has 1 N–H and O–H groups in total. The number of hydrogen-bond donors (Lipinski definition) is 1. The van der Waals surface area contributed by atoms with E-state index < -0.39 is 0 Å². The maximum absolute atomic E-state index is 12.4. The third-order valence-electron chi connectivity index (χ3n) is 4.33. The summed E-state index contributed by atoms with van der Waals surface area (Å²) in [4.78, 5) is 17.7. The first kappa shape index (κ1) is 15.9. The Morgan fingerprint density at radius 1 is 1.48 bits per heavy atom. The summed E-state index contributed by atoms with van der Waals surface area (Å²) in [5.74, 6) is 1.36. The molecule has 2 aromatic rings. The van der Waals surface area contributed by atoms with Crippen LogP contribution in [0.3, 0.4) is 0 Å². The molecule has 6 heteroatoms. The lowest BCUT2D eigenvalue weighted by Crippen LogP contribution is -2.26. The minimum absolute atomic E-state index is 0.0112. The predicted octanol–water partition coefficient (Wildman–Crippen LogP) is 3.65. The molecule has 122 valence electrons. The van der Waals surface area contributed by atoms with E-state index in [-0.39, 0.29) is 23.8 Å². The van der Waals surface area contributed by atoms with Crippen LogP contribution < -0.4 is 5.32 Å². The third-order valence-corrected chi connectivity index (χ3v) is 5.20. The molecule has 0 aromatic carbocycles. The Morgan fingerprint density at radius 2 is 2.26 bits per heavy atom. The molecule has 3 rings (SSSR count). The van der Waals surface area contributed by atoms with E-state index in [1.807, 2.05) is 17.5 Å². The molecule has 2 unspecified atom stereocenters. The summed E-state index contributed by atoms with van der Waals surface area (Å²) < 4.78 is 5.20. The van der Waals surface area contributed by atoms with Crippen LogP contribution in [0.1, 0.15) is 33.6 Å². The van der Waals surface area contributed by atoms with Crippen molar-refractivity contribution in [3.63, 3.8) is 0 Å². The van der Waals surface area contributed by atoms with Crippen LogP contribution in [0.15, 0.2) is 33.7 Å². The van der Waals surface area contributed by atoms with Crippen molar-refractivity contribution >= 4 is 17.2 Å².